The Balaban J connectivity index is 1.50. The molecule has 0 radical (unpaired) electrons. The molecule has 0 aliphatic heterocycles. The van der Waals surface area contributed by atoms with Crippen LogP contribution >= 0.6 is 11.6 Å². The highest BCUT2D eigenvalue weighted by atomic mass is 35.5. The second kappa shape index (κ2) is 7.76. The van der Waals surface area contributed by atoms with Crippen LogP contribution in [0, 0.1) is 6.92 Å². The Morgan fingerprint density at radius 1 is 1.16 bits per heavy atom. The second-order valence-corrected chi connectivity index (χ2v) is 5.79. The van der Waals surface area contributed by atoms with Crippen LogP contribution in [0.4, 0.5) is 5.82 Å². The molecule has 8 heteroatoms. The van der Waals surface area contributed by atoms with Gasteiger partial charge in [0, 0.05) is 35.9 Å². The molecule has 0 bridgehead atoms. The topological polar surface area (TPSA) is 84.7 Å². The van der Waals surface area contributed by atoms with Crippen molar-refractivity contribution in [2.45, 2.75) is 6.92 Å². The lowest BCUT2D eigenvalue weighted by atomic mass is 10.2. The first-order valence-electron chi connectivity index (χ1n) is 7.74. The van der Waals surface area contributed by atoms with Crippen molar-refractivity contribution < 1.29 is 4.79 Å². The normalized spacial score (nSPS) is 10.5. The van der Waals surface area contributed by atoms with Gasteiger partial charge in [-0.15, -0.1) is 0 Å². The third-order valence-corrected chi connectivity index (χ3v) is 3.68. The van der Waals surface area contributed by atoms with Gasteiger partial charge in [-0.2, -0.15) is 5.10 Å². The van der Waals surface area contributed by atoms with Gasteiger partial charge in [0.15, 0.2) is 5.82 Å². The number of aryl methyl sites for hydroxylation is 1. The fourth-order valence-corrected chi connectivity index (χ4v) is 2.31. The molecular weight excluding hydrogens is 340 g/mol. The van der Waals surface area contributed by atoms with Crippen molar-refractivity contribution in [1.29, 1.82) is 0 Å². The molecule has 3 aromatic rings. The molecule has 1 amide bonds. The molecule has 0 saturated carbocycles. The maximum atomic E-state index is 12.0. The molecule has 2 aromatic heterocycles. The molecule has 2 heterocycles. The summed E-state index contributed by atoms with van der Waals surface area (Å²) in [5.74, 6) is 1.20. The number of nitrogens with one attached hydrogen (secondary N) is 2. The van der Waals surface area contributed by atoms with Crippen LogP contribution in [0.5, 0.6) is 0 Å². The SMILES string of the molecule is Cc1ccn(-c2cc(NCCNC(=O)c3ccc(Cl)cc3)ncn2)n1. The van der Waals surface area contributed by atoms with Gasteiger partial charge in [-0.3, -0.25) is 4.79 Å². The van der Waals surface area contributed by atoms with Crippen LogP contribution in [-0.2, 0) is 0 Å². The first-order valence-corrected chi connectivity index (χ1v) is 8.12. The first kappa shape index (κ1) is 16.9. The van der Waals surface area contributed by atoms with Gasteiger partial charge in [-0.25, -0.2) is 14.6 Å². The number of benzene rings is 1. The lowest BCUT2D eigenvalue weighted by molar-refractivity contribution is 0.0955. The summed E-state index contributed by atoms with van der Waals surface area (Å²) in [7, 11) is 0. The Morgan fingerprint density at radius 2 is 1.96 bits per heavy atom. The Morgan fingerprint density at radius 3 is 2.68 bits per heavy atom. The van der Waals surface area contributed by atoms with E-state index in [-0.39, 0.29) is 5.91 Å². The number of halogens is 1. The van der Waals surface area contributed by atoms with Crippen LogP contribution in [0.15, 0.2) is 48.9 Å². The molecule has 1 aromatic carbocycles. The smallest absolute Gasteiger partial charge is 0.251 e. The molecule has 25 heavy (non-hydrogen) atoms. The van der Waals surface area contributed by atoms with E-state index in [2.05, 4.69) is 25.7 Å². The lowest BCUT2D eigenvalue weighted by Crippen LogP contribution is -2.28. The number of aromatic nitrogens is 4. The monoisotopic (exact) mass is 356 g/mol. The van der Waals surface area contributed by atoms with Crippen molar-refractivity contribution in [1.82, 2.24) is 25.1 Å². The maximum absolute atomic E-state index is 12.0. The fourth-order valence-electron chi connectivity index (χ4n) is 2.18. The molecule has 2 N–H and O–H groups in total. The summed E-state index contributed by atoms with van der Waals surface area (Å²) in [6, 6.07) is 10.5. The van der Waals surface area contributed by atoms with Gasteiger partial charge in [-0.05, 0) is 37.3 Å². The number of nitrogens with zero attached hydrogens (tertiary/aromatic N) is 4. The number of carbonyl (C=O) groups is 1. The lowest BCUT2D eigenvalue weighted by Gasteiger charge is -2.08. The molecule has 128 valence electrons. The van der Waals surface area contributed by atoms with E-state index in [0.29, 0.717) is 35.3 Å². The van der Waals surface area contributed by atoms with Gasteiger partial charge in [0.25, 0.3) is 5.91 Å². The van der Waals surface area contributed by atoms with Crippen molar-refractivity contribution >= 4 is 23.3 Å². The van der Waals surface area contributed by atoms with Crippen LogP contribution in [-0.4, -0.2) is 38.7 Å². The molecule has 0 aliphatic carbocycles. The Kier molecular flexibility index (Phi) is 5.25. The number of amides is 1. The van der Waals surface area contributed by atoms with Gasteiger partial charge in [0.1, 0.15) is 12.1 Å². The number of hydrogen-bond acceptors (Lipinski definition) is 5. The van der Waals surface area contributed by atoms with Crippen molar-refractivity contribution in [2.75, 3.05) is 18.4 Å². The molecule has 0 saturated heterocycles. The molecular formula is C17H17ClN6O. The van der Waals surface area contributed by atoms with E-state index in [9.17, 15) is 4.79 Å². The Bertz CT molecular complexity index is 862. The number of hydrogen-bond donors (Lipinski definition) is 2. The highest BCUT2D eigenvalue weighted by Crippen LogP contribution is 2.10. The molecule has 0 aliphatic rings. The van der Waals surface area contributed by atoms with Gasteiger partial charge in [-0.1, -0.05) is 11.6 Å². The number of rotatable bonds is 6. The minimum Gasteiger partial charge on any atom is -0.368 e. The van der Waals surface area contributed by atoms with Crippen molar-refractivity contribution in [2.24, 2.45) is 0 Å². The van der Waals surface area contributed by atoms with E-state index >= 15 is 0 Å². The zero-order chi connectivity index (χ0) is 17.6. The van der Waals surface area contributed by atoms with E-state index in [1.165, 1.54) is 6.33 Å². The van der Waals surface area contributed by atoms with Crippen LogP contribution in [0.25, 0.3) is 5.82 Å². The molecule has 0 fully saturated rings. The van der Waals surface area contributed by atoms with Gasteiger partial charge >= 0.3 is 0 Å². The highest BCUT2D eigenvalue weighted by molar-refractivity contribution is 6.30. The molecule has 0 unspecified atom stereocenters. The molecule has 0 atom stereocenters. The average molecular weight is 357 g/mol. The Hall–Kier alpha value is -2.93. The van der Waals surface area contributed by atoms with E-state index in [0.717, 1.165) is 5.69 Å². The maximum Gasteiger partial charge on any atom is 0.251 e. The van der Waals surface area contributed by atoms with Gasteiger partial charge in [0.05, 0.1) is 5.69 Å². The molecule has 0 spiro atoms. The third kappa shape index (κ3) is 4.54. The average Bonchev–Trinajstić information content (AvgIpc) is 3.06. The largest absolute Gasteiger partial charge is 0.368 e. The van der Waals surface area contributed by atoms with Crippen LogP contribution < -0.4 is 10.6 Å². The first-order chi connectivity index (χ1) is 12.1. The van der Waals surface area contributed by atoms with Crippen LogP contribution in [0.3, 0.4) is 0 Å². The second-order valence-electron chi connectivity index (χ2n) is 5.35. The third-order valence-electron chi connectivity index (χ3n) is 3.43. The van der Waals surface area contributed by atoms with Crippen molar-refractivity contribution in [3.8, 4) is 5.82 Å². The van der Waals surface area contributed by atoms with E-state index in [1.54, 1.807) is 35.0 Å². The van der Waals surface area contributed by atoms with E-state index in [1.807, 2.05) is 19.2 Å². The number of carbonyl (C=O) groups excluding carboxylic acids is 1. The van der Waals surface area contributed by atoms with Crippen molar-refractivity contribution in [3.63, 3.8) is 0 Å². The fraction of sp³-hybridized carbons (Fsp3) is 0.176. The quantitative estimate of drug-likeness (QED) is 0.663. The van der Waals surface area contributed by atoms with Crippen LogP contribution in [0.1, 0.15) is 16.1 Å². The summed E-state index contributed by atoms with van der Waals surface area (Å²) in [5.41, 5.74) is 1.49. The predicted octanol–water partition coefficient (Wildman–Crippen LogP) is 2.47. The van der Waals surface area contributed by atoms with E-state index < -0.39 is 0 Å². The Labute approximate surface area is 150 Å². The van der Waals surface area contributed by atoms with Gasteiger partial charge in [0.2, 0.25) is 0 Å². The zero-order valence-corrected chi connectivity index (χ0v) is 14.4. The minimum absolute atomic E-state index is 0.145. The molecule has 7 nitrogen and oxygen atoms in total. The zero-order valence-electron chi connectivity index (χ0n) is 13.6. The number of anilines is 1. The van der Waals surface area contributed by atoms with Gasteiger partial charge < -0.3 is 10.6 Å². The summed E-state index contributed by atoms with van der Waals surface area (Å²) in [5, 5.41) is 10.9. The standard InChI is InChI=1S/C17H17ClN6O/c1-12-6-9-24(23-12)16-10-15(21-11-22-16)19-7-8-20-17(25)13-2-4-14(18)5-3-13/h2-6,9-11H,7-8H2,1H3,(H,20,25)(H,19,21,22). The summed E-state index contributed by atoms with van der Waals surface area (Å²) >= 11 is 5.81. The summed E-state index contributed by atoms with van der Waals surface area (Å²) in [6.45, 7) is 2.91. The highest BCUT2D eigenvalue weighted by Gasteiger charge is 2.05. The predicted molar refractivity (Wildman–Crippen MR) is 96.2 cm³/mol. The minimum atomic E-state index is -0.145. The summed E-state index contributed by atoms with van der Waals surface area (Å²) in [4.78, 5) is 20.4. The van der Waals surface area contributed by atoms with Crippen molar-refractivity contribution in [3.05, 3.63) is 65.2 Å². The van der Waals surface area contributed by atoms with Crippen LogP contribution in [0.2, 0.25) is 5.02 Å². The van der Waals surface area contributed by atoms with E-state index in [4.69, 9.17) is 11.6 Å². The summed E-state index contributed by atoms with van der Waals surface area (Å²) in [6.07, 6.45) is 3.31. The summed E-state index contributed by atoms with van der Waals surface area (Å²) < 4.78 is 1.69. The molecule has 3 rings (SSSR count).